The molecule has 0 bridgehead atoms. The topological polar surface area (TPSA) is 81.2 Å². The van der Waals surface area contributed by atoms with Gasteiger partial charge >= 0.3 is 5.97 Å². The van der Waals surface area contributed by atoms with Crippen molar-refractivity contribution in [3.8, 4) is 0 Å². The smallest absolute Gasteiger partial charge is 0.319 e. The van der Waals surface area contributed by atoms with E-state index in [9.17, 15) is 9.59 Å². The summed E-state index contributed by atoms with van der Waals surface area (Å²) in [5.41, 5.74) is 1.12. The van der Waals surface area contributed by atoms with E-state index in [2.05, 4.69) is 15.5 Å². The Morgan fingerprint density at radius 2 is 2.04 bits per heavy atom. The number of nitrogens with zero attached hydrogens (tertiary/aromatic N) is 2. The Hall–Kier alpha value is -1.93. The lowest BCUT2D eigenvalue weighted by atomic mass is 10.1. The summed E-state index contributed by atoms with van der Waals surface area (Å²) in [5.74, 6) is -0.392. The van der Waals surface area contributed by atoms with Crippen LogP contribution in [0.1, 0.15) is 25.8 Å². The Labute approximate surface area is 149 Å². The van der Waals surface area contributed by atoms with Crippen molar-refractivity contribution in [3.05, 3.63) is 35.9 Å². The number of hydrogen-bond donors (Lipinski definition) is 1. The summed E-state index contributed by atoms with van der Waals surface area (Å²) in [6, 6.07) is 9.83. The van der Waals surface area contributed by atoms with Crippen molar-refractivity contribution in [1.29, 1.82) is 0 Å². The lowest BCUT2D eigenvalue weighted by Gasteiger charge is -2.06. The van der Waals surface area contributed by atoms with E-state index in [0.717, 1.165) is 5.56 Å². The van der Waals surface area contributed by atoms with E-state index in [-0.39, 0.29) is 17.1 Å². The Kier molecular flexibility index (Phi) is 7.20. The van der Waals surface area contributed by atoms with Crippen molar-refractivity contribution in [2.24, 2.45) is 0 Å². The van der Waals surface area contributed by atoms with Crippen LogP contribution < -0.4 is 5.32 Å². The maximum Gasteiger partial charge on any atom is 0.319 e. The van der Waals surface area contributed by atoms with Crippen LogP contribution in [0.4, 0.5) is 5.13 Å². The largest absolute Gasteiger partial charge is 0.465 e. The van der Waals surface area contributed by atoms with Crippen LogP contribution in [0, 0.1) is 0 Å². The number of carbonyl (C=O) groups is 2. The number of thioether (sulfide) groups is 1. The summed E-state index contributed by atoms with van der Waals surface area (Å²) in [4.78, 5) is 23.6. The third-order valence-electron chi connectivity index (χ3n) is 3.03. The summed E-state index contributed by atoms with van der Waals surface area (Å²) < 4.78 is 5.57. The van der Waals surface area contributed by atoms with Gasteiger partial charge in [-0.15, -0.1) is 10.2 Å². The number of benzene rings is 1. The molecule has 1 amide bonds. The van der Waals surface area contributed by atoms with Crippen LogP contribution in [0.15, 0.2) is 34.7 Å². The summed E-state index contributed by atoms with van der Waals surface area (Å²) in [5, 5.41) is 10.7. The second kappa shape index (κ2) is 9.39. The molecule has 0 unspecified atom stereocenters. The molecule has 6 nitrogen and oxygen atoms in total. The van der Waals surface area contributed by atoms with E-state index in [0.29, 0.717) is 28.9 Å². The highest BCUT2D eigenvalue weighted by atomic mass is 32.2. The van der Waals surface area contributed by atoms with Crippen LogP contribution in [-0.4, -0.2) is 33.9 Å². The van der Waals surface area contributed by atoms with Gasteiger partial charge in [-0.25, -0.2) is 0 Å². The SMILES string of the molecule is CCOC(=O)[C@@H](C)Sc1nnc(NC(=O)CCc2ccccc2)s1. The Morgan fingerprint density at radius 1 is 1.29 bits per heavy atom. The number of rotatable bonds is 8. The fourth-order valence-electron chi connectivity index (χ4n) is 1.85. The fourth-order valence-corrected chi connectivity index (χ4v) is 3.76. The third-order valence-corrected chi connectivity index (χ3v) is 5.03. The van der Waals surface area contributed by atoms with Gasteiger partial charge in [0.25, 0.3) is 0 Å². The zero-order valence-electron chi connectivity index (χ0n) is 13.5. The number of carbonyl (C=O) groups excluding carboxylic acids is 2. The first-order valence-corrected chi connectivity index (χ1v) is 9.28. The number of hydrogen-bond acceptors (Lipinski definition) is 7. The molecule has 0 aliphatic carbocycles. The van der Waals surface area contributed by atoms with Crippen molar-refractivity contribution in [2.45, 2.75) is 36.3 Å². The molecule has 128 valence electrons. The van der Waals surface area contributed by atoms with Gasteiger partial charge in [0.1, 0.15) is 5.25 Å². The molecule has 1 heterocycles. The van der Waals surface area contributed by atoms with Crippen LogP contribution in [0.25, 0.3) is 0 Å². The standard InChI is InChI=1S/C16H19N3O3S2/c1-3-22-14(21)11(2)23-16-19-18-15(24-16)17-13(20)10-9-12-7-5-4-6-8-12/h4-8,11H,3,9-10H2,1-2H3,(H,17,18,20)/t11-/m1/s1. The molecule has 24 heavy (non-hydrogen) atoms. The molecule has 0 aliphatic rings. The predicted octanol–water partition coefficient (Wildman–Crippen LogP) is 3.15. The molecule has 0 radical (unpaired) electrons. The highest BCUT2D eigenvalue weighted by Crippen LogP contribution is 2.29. The Bertz CT molecular complexity index is 676. The average Bonchev–Trinajstić information content (AvgIpc) is 3.01. The van der Waals surface area contributed by atoms with E-state index in [1.165, 1.54) is 23.1 Å². The van der Waals surface area contributed by atoms with Gasteiger partial charge < -0.3 is 10.1 Å². The second-order valence-electron chi connectivity index (χ2n) is 4.92. The van der Waals surface area contributed by atoms with Crippen LogP contribution in [0.5, 0.6) is 0 Å². The van der Waals surface area contributed by atoms with Gasteiger partial charge in [0, 0.05) is 6.42 Å². The zero-order valence-corrected chi connectivity index (χ0v) is 15.2. The number of esters is 1. The molecule has 2 aromatic rings. The minimum absolute atomic E-state index is 0.106. The van der Waals surface area contributed by atoms with Gasteiger partial charge in [-0.05, 0) is 25.8 Å². The highest BCUT2D eigenvalue weighted by Gasteiger charge is 2.18. The maximum atomic E-state index is 12.0. The third kappa shape index (κ3) is 5.93. The molecule has 1 aromatic carbocycles. The molecule has 0 saturated heterocycles. The number of amides is 1. The minimum atomic E-state index is -0.362. The normalized spacial score (nSPS) is 11.8. The molecule has 0 spiro atoms. The molecular formula is C16H19N3O3S2. The van der Waals surface area contributed by atoms with Crippen LogP contribution in [0.3, 0.4) is 0 Å². The Morgan fingerprint density at radius 3 is 2.75 bits per heavy atom. The molecule has 0 aliphatic heterocycles. The number of ether oxygens (including phenoxy) is 1. The molecule has 2 rings (SSSR count). The van der Waals surface area contributed by atoms with E-state index in [4.69, 9.17) is 4.74 Å². The Balaban J connectivity index is 1.80. The summed E-state index contributed by atoms with van der Waals surface area (Å²) in [6.45, 7) is 3.87. The first-order chi connectivity index (χ1) is 11.6. The average molecular weight is 365 g/mol. The number of aromatic nitrogens is 2. The molecule has 1 aromatic heterocycles. The van der Waals surface area contributed by atoms with Crippen molar-refractivity contribution in [3.63, 3.8) is 0 Å². The minimum Gasteiger partial charge on any atom is -0.465 e. The van der Waals surface area contributed by atoms with Gasteiger partial charge in [-0.2, -0.15) is 0 Å². The summed E-state index contributed by atoms with van der Waals surface area (Å²) in [7, 11) is 0. The van der Waals surface area contributed by atoms with Gasteiger partial charge in [0.2, 0.25) is 11.0 Å². The van der Waals surface area contributed by atoms with Gasteiger partial charge in [0.05, 0.1) is 6.61 Å². The summed E-state index contributed by atoms with van der Waals surface area (Å²) in [6.07, 6.45) is 1.05. The van der Waals surface area contributed by atoms with E-state index < -0.39 is 0 Å². The lowest BCUT2D eigenvalue weighted by Crippen LogP contribution is -2.16. The molecule has 1 N–H and O–H groups in total. The molecule has 1 atom stereocenters. The van der Waals surface area contributed by atoms with Gasteiger partial charge in [0.15, 0.2) is 4.34 Å². The van der Waals surface area contributed by atoms with Gasteiger partial charge in [-0.3, -0.25) is 9.59 Å². The molecule has 0 fully saturated rings. The fraction of sp³-hybridized carbons (Fsp3) is 0.375. The van der Waals surface area contributed by atoms with Crippen molar-refractivity contribution < 1.29 is 14.3 Å². The van der Waals surface area contributed by atoms with E-state index >= 15 is 0 Å². The van der Waals surface area contributed by atoms with Crippen molar-refractivity contribution in [1.82, 2.24) is 10.2 Å². The summed E-state index contributed by atoms with van der Waals surface area (Å²) >= 11 is 2.52. The van der Waals surface area contributed by atoms with E-state index in [1.54, 1.807) is 13.8 Å². The predicted molar refractivity (Wildman–Crippen MR) is 95.3 cm³/mol. The van der Waals surface area contributed by atoms with Crippen LogP contribution in [0.2, 0.25) is 0 Å². The monoisotopic (exact) mass is 365 g/mol. The maximum absolute atomic E-state index is 12.0. The molecule has 0 saturated carbocycles. The molecular weight excluding hydrogens is 346 g/mol. The quantitative estimate of drug-likeness (QED) is 0.440. The first kappa shape index (κ1) is 18.4. The first-order valence-electron chi connectivity index (χ1n) is 7.59. The van der Waals surface area contributed by atoms with Crippen LogP contribution in [-0.2, 0) is 20.7 Å². The number of anilines is 1. The number of aryl methyl sites for hydroxylation is 1. The van der Waals surface area contributed by atoms with Crippen molar-refractivity contribution >= 4 is 40.1 Å². The second-order valence-corrected chi connectivity index (χ2v) is 7.48. The number of nitrogens with one attached hydrogen (secondary N) is 1. The van der Waals surface area contributed by atoms with Crippen molar-refractivity contribution in [2.75, 3.05) is 11.9 Å². The van der Waals surface area contributed by atoms with Crippen LogP contribution >= 0.6 is 23.1 Å². The highest BCUT2D eigenvalue weighted by molar-refractivity contribution is 8.02. The zero-order chi connectivity index (χ0) is 17.4. The van der Waals surface area contributed by atoms with Gasteiger partial charge in [-0.1, -0.05) is 53.4 Å². The lowest BCUT2D eigenvalue weighted by molar-refractivity contribution is -0.142. The molecule has 8 heteroatoms. The van der Waals surface area contributed by atoms with E-state index in [1.807, 2.05) is 30.3 Å².